The predicted octanol–water partition coefficient (Wildman–Crippen LogP) is 2.47. The summed E-state index contributed by atoms with van der Waals surface area (Å²) in [6, 6.07) is 11.2. The van der Waals surface area contributed by atoms with Gasteiger partial charge >= 0.3 is 0 Å². The third-order valence-corrected chi connectivity index (χ3v) is 3.18. The average Bonchev–Trinajstić information content (AvgIpc) is 2.43. The number of carbonyl (C=O) groups excluding carboxylic acids is 1. The molecule has 0 aliphatic carbocycles. The van der Waals surface area contributed by atoms with E-state index in [1.165, 1.54) is 18.3 Å². The molecule has 20 heavy (non-hydrogen) atoms. The van der Waals surface area contributed by atoms with Crippen molar-refractivity contribution in [3.63, 3.8) is 0 Å². The molecule has 6 heteroatoms. The first-order valence-corrected chi connectivity index (χ1v) is 6.75. The fourth-order valence-corrected chi connectivity index (χ4v) is 2.03. The van der Waals surface area contributed by atoms with Gasteiger partial charge in [0.25, 0.3) is 5.91 Å². The quantitative estimate of drug-likeness (QED) is 0.434. The minimum atomic E-state index is -0.524. The van der Waals surface area contributed by atoms with Gasteiger partial charge in [-0.2, -0.15) is 5.10 Å². The summed E-state index contributed by atoms with van der Waals surface area (Å²) >= 11 is 2.11. The molecule has 0 saturated heterocycles. The van der Waals surface area contributed by atoms with Crippen LogP contribution in [0.1, 0.15) is 15.9 Å². The first-order chi connectivity index (χ1) is 9.58. The normalized spacial score (nSPS) is 10.7. The van der Waals surface area contributed by atoms with Gasteiger partial charge in [-0.15, -0.1) is 0 Å². The van der Waals surface area contributed by atoms with Crippen LogP contribution < -0.4 is 5.43 Å². The zero-order valence-corrected chi connectivity index (χ0v) is 12.4. The molecule has 0 aliphatic heterocycles. The molecule has 2 rings (SSSR count). The van der Waals surface area contributed by atoms with Crippen LogP contribution in [0.5, 0.6) is 11.5 Å². The van der Waals surface area contributed by atoms with Gasteiger partial charge < -0.3 is 10.2 Å². The molecule has 3 N–H and O–H groups in total. The van der Waals surface area contributed by atoms with Gasteiger partial charge in [-0.05, 0) is 52.9 Å². The molecule has 102 valence electrons. The molecule has 0 aromatic heterocycles. The molecule has 0 saturated carbocycles. The SMILES string of the molecule is O=C(NN=Cc1cc(I)ccc1O)c1ccccc1O. The molecule has 0 fully saturated rings. The summed E-state index contributed by atoms with van der Waals surface area (Å²) < 4.78 is 0.939. The minimum absolute atomic E-state index is 0.0750. The maximum atomic E-state index is 11.8. The molecule has 0 bridgehead atoms. The van der Waals surface area contributed by atoms with Crippen molar-refractivity contribution in [2.75, 3.05) is 0 Å². The molecule has 0 radical (unpaired) electrons. The number of phenols is 2. The van der Waals surface area contributed by atoms with Gasteiger partial charge in [0.05, 0.1) is 11.8 Å². The van der Waals surface area contributed by atoms with Crippen molar-refractivity contribution >= 4 is 34.7 Å². The van der Waals surface area contributed by atoms with Crippen LogP contribution in [-0.4, -0.2) is 22.3 Å². The van der Waals surface area contributed by atoms with Gasteiger partial charge in [0.2, 0.25) is 0 Å². The number of rotatable bonds is 3. The summed E-state index contributed by atoms with van der Waals surface area (Å²) in [4.78, 5) is 11.8. The third kappa shape index (κ3) is 3.47. The molecule has 0 unspecified atom stereocenters. The maximum Gasteiger partial charge on any atom is 0.275 e. The number of nitrogens with zero attached hydrogens (tertiary/aromatic N) is 1. The van der Waals surface area contributed by atoms with Crippen molar-refractivity contribution in [3.05, 3.63) is 57.2 Å². The van der Waals surface area contributed by atoms with E-state index in [4.69, 9.17) is 0 Å². The number of halogens is 1. The fourth-order valence-electron chi connectivity index (χ4n) is 1.52. The van der Waals surface area contributed by atoms with E-state index in [1.807, 2.05) is 0 Å². The lowest BCUT2D eigenvalue weighted by Crippen LogP contribution is -2.17. The fraction of sp³-hybridized carbons (Fsp3) is 0. The summed E-state index contributed by atoms with van der Waals surface area (Å²) in [6.45, 7) is 0. The Morgan fingerprint density at radius 3 is 2.65 bits per heavy atom. The average molecular weight is 382 g/mol. The topological polar surface area (TPSA) is 81.9 Å². The Morgan fingerprint density at radius 2 is 1.90 bits per heavy atom. The Kier molecular flexibility index (Phi) is 4.57. The number of para-hydroxylation sites is 1. The summed E-state index contributed by atoms with van der Waals surface area (Å²) in [5, 5.41) is 22.9. The number of phenolic OH excluding ortho intramolecular Hbond substituents is 2. The van der Waals surface area contributed by atoms with Crippen LogP contribution in [0.3, 0.4) is 0 Å². The lowest BCUT2D eigenvalue weighted by molar-refractivity contribution is 0.0952. The van der Waals surface area contributed by atoms with Crippen molar-refractivity contribution in [2.45, 2.75) is 0 Å². The lowest BCUT2D eigenvalue weighted by Gasteiger charge is -2.02. The largest absolute Gasteiger partial charge is 0.507 e. The van der Waals surface area contributed by atoms with Crippen molar-refractivity contribution in [3.8, 4) is 11.5 Å². The van der Waals surface area contributed by atoms with Crippen molar-refractivity contribution < 1.29 is 15.0 Å². The molecule has 0 spiro atoms. The van der Waals surface area contributed by atoms with Crippen molar-refractivity contribution in [1.82, 2.24) is 5.43 Å². The number of carbonyl (C=O) groups is 1. The molecule has 1 amide bonds. The molecule has 5 nitrogen and oxygen atoms in total. The van der Waals surface area contributed by atoms with E-state index in [2.05, 4.69) is 33.1 Å². The Bertz CT molecular complexity index is 671. The van der Waals surface area contributed by atoms with Gasteiger partial charge in [-0.25, -0.2) is 5.43 Å². The van der Waals surface area contributed by atoms with Gasteiger partial charge in [0, 0.05) is 9.13 Å². The van der Waals surface area contributed by atoms with Crippen molar-refractivity contribution in [2.24, 2.45) is 5.10 Å². The predicted molar refractivity (Wildman–Crippen MR) is 84.0 cm³/mol. The molecule has 2 aromatic carbocycles. The second-order valence-electron chi connectivity index (χ2n) is 3.92. The van der Waals surface area contributed by atoms with Crippen LogP contribution >= 0.6 is 22.6 Å². The standard InChI is InChI=1S/C14H11IN2O3/c15-10-5-6-12(18)9(7-10)8-16-17-14(20)11-3-1-2-4-13(11)19/h1-8,18-19H,(H,17,20). The molecular weight excluding hydrogens is 371 g/mol. The Hall–Kier alpha value is -2.09. The lowest BCUT2D eigenvalue weighted by atomic mass is 10.2. The minimum Gasteiger partial charge on any atom is -0.507 e. The zero-order valence-electron chi connectivity index (χ0n) is 10.2. The van der Waals surface area contributed by atoms with E-state index in [1.54, 1.807) is 30.3 Å². The van der Waals surface area contributed by atoms with E-state index in [9.17, 15) is 15.0 Å². The van der Waals surface area contributed by atoms with Gasteiger partial charge in [0.1, 0.15) is 11.5 Å². The Labute approximate surface area is 129 Å². The number of amides is 1. The smallest absolute Gasteiger partial charge is 0.275 e. The molecule has 0 atom stereocenters. The van der Waals surface area contributed by atoms with Crippen molar-refractivity contribution in [1.29, 1.82) is 0 Å². The van der Waals surface area contributed by atoms with Crippen LogP contribution in [0.2, 0.25) is 0 Å². The number of hydrogen-bond acceptors (Lipinski definition) is 4. The number of nitrogens with one attached hydrogen (secondary N) is 1. The summed E-state index contributed by atoms with van der Waals surface area (Å²) in [5.41, 5.74) is 2.92. The summed E-state index contributed by atoms with van der Waals surface area (Å²) in [5.74, 6) is -0.562. The second kappa shape index (κ2) is 6.38. The van der Waals surface area contributed by atoms with Crippen LogP contribution in [0, 0.1) is 3.57 Å². The highest BCUT2D eigenvalue weighted by Crippen LogP contribution is 2.18. The van der Waals surface area contributed by atoms with E-state index in [0.29, 0.717) is 5.56 Å². The zero-order chi connectivity index (χ0) is 14.5. The number of hydrogen-bond donors (Lipinski definition) is 3. The van der Waals surface area contributed by atoms with E-state index in [0.717, 1.165) is 3.57 Å². The molecular formula is C14H11IN2O3. The first kappa shape index (κ1) is 14.3. The summed E-state index contributed by atoms with van der Waals surface area (Å²) in [7, 11) is 0. The highest BCUT2D eigenvalue weighted by molar-refractivity contribution is 14.1. The molecule has 0 heterocycles. The van der Waals surface area contributed by atoms with Gasteiger partial charge in [-0.3, -0.25) is 4.79 Å². The highest BCUT2D eigenvalue weighted by atomic mass is 127. The van der Waals surface area contributed by atoms with E-state index >= 15 is 0 Å². The van der Waals surface area contributed by atoms with Crippen LogP contribution in [0.15, 0.2) is 47.6 Å². The molecule has 2 aromatic rings. The van der Waals surface area contributed by atoms with Gasteiger partial charge in [-0.1, -0.05) is 12.1 Å². The Balaban J connectivity index is 2.09. The molecule has 0 aliphatic rings. The Morgan fingerprint density at radius 1 is 1.15 bits per heavy atom. The monoisotopic (exact) mass is 382 g/mol. The second-order valence-corrected chi connectivity index (χ2v) is 5.17. The third-order valence-electron chi connectivity index (χ3n) is 2.51. The maximum absolute atomic E-state index is 11.8. The van der Waals surface area contributed by atoms with Crippen LogP contribution in [-0.2, 0) is 0 Å². The highest BCUT2D eigenvalue weighted by Gasteiger charge is 2.08. The number of hydrazone groups is 1. The van der Waals surface area contributed by atoms with Gasteiger partial charge in [0.15, 0.2) is 0 Å². The summed E-state index contributed by atoms with van der Waals surface area (Å²) in [6.07, 6.45) is 1.34. The number of aromatic hydroxyl groups is 2. The number of benzene rings is 2. The first-order valence-electron chi connectivity index (χ1n) is 5.68. The van der Waals surface area contributed by atoms with Crippen LogP contribution in [0.4, 0.5) is 0 Å². The van der Waals surface area contributed by atoms with E-state index < -0.39 is 5.91 Å². The van der Waals surface area contributed by atoms with E-state index in [-0.39, 0.29) is 17.1 Å². The van der Waals surface area contributed by atoms with Crippen LogP contribution in [0.25, 0.3) is 0 Å².